The van der Waals surface area contributed by atoms with Crippen LogP contribution in [-0.2, 0) is 4.74 Å². The fourth-order valence-electron chi connectivity index (χ4n) is 4.91. The Morgan fingerprint density at radius 1 is 1.06 bits per heavy atom. The van der Waals surface area contributed by atoms with Crippen LogP contribution in [0.3, 0.4) is 0 Å². The van der Waals surface area contributed by atoms with E-state index in [-0.39, 0.29) is 12.2 Å². The Hall–Kier alpha value is -3.15. The molecule has 3 aromatic rings. The first-order valence-corrected chi connectivity index (χ1v) is 11.8. The van der Waals surface area contributed by atoms with E-state index in [1.807, 2.05) is 43.3 Å². The Balaban J connectivity index is 1.44. The van der Waals surface area contributed by atoms with Crippen LogP contribution in [0.5, 0.6) is 5.75 Å². The standard InChI is InChI=1S/C26H31N3O3/c1-2-31-21-14-15-23-22(16-21)24(27)25(29(23)19-6-5-7-19)17-10-12-18(13-11-17)28-26(30)32-20-8-3-4-9-20/h10-16,19-20H,2-9,27H2,1H3,(H,28,30). The van der Waals surface area contributed by atoms with E-state index in [1.165, 1.54) is 6.42 Å². The molecule has 0 aliphatic heterocycles. The smallest absolute Gasteiger partial charge is 0.411 e. The van der Waals surface area contributed by atoms with Crippen molar-refractivity contribution >= 4 is 28.4 Å². The van der Waals surface area contributed by atoms with Gasteiger partial charge in [0.2, 0.25) is 0 Å². The third-order valence-electron chi connectivity index (χ3n) is 6.75. The topological polar surface area (TPSA) is 78.5 Å². The van der Waals surface area contributed by atoms with Gasteiger partial charge in [0.25, 0.3) is 0 Å². The van der Waals surface area contributed by atoms with Gasteiger partial charge in [-0.3, -0.25) is 5.32 Å². The molecule has 32 heavy (non-hydrogen) atoms. The van der Waals surface area contributed by atoms with Gasteiger partial charge >= 0.3 is 6.09 Å². The average molecular weight is 434 g/mol. The van der Waals surface area contributed by atoms with Crippen molar-refractivity contribution in [2.75, 3.05) is 17.7 Å². The number of carbonyl (C=O) groups excluding carboxylic acids is 1. The van der Waals surface area contributed by atoms with Crippen molar-refractivity contribution in [1.29, 1.82) is 0 Å². The molecule has 1 amide bonds. The van der Waals surface area contributed by atoms with Crippen LogP contribution in [0.15, 0.2) is 42.5 Å². The number of aromatic nitrogens is 1. The van der Waals surface area contributed by atoms with Gasteiger partial charge < -0.3 is 19.8 Å². The molecule has 168 valence electrons. The van der Waals surface area contributed by atoms with Crippen molar-refractivity contribution in [3.05, 3.63) is 42.5 Å². The van der Waals surface area contributed by atoms with Crippen LogP contribution in [0.4, 0.5) is 16.2 Å². The Morgan fingerprint density at radius 2 is 1.81 bits per heavy atom. The fourth-order valence-corrected chi connectivity index (χ4v) is 4.91. The van der Waals surface area contributed by atoms with Crippen molar-refractivity contribution in [2.45, 2.75) is 64.0 Å². The van der Waals surface area contributed by atoms with Crippen LogP contribution in [0, 0.1) is 0 Å². The molecule has 0 saturated heterocycles. The van der Waals surface area contributed by atoms with E-state index in [4.69, 9.17) is 15.2 Å². The quantitative estimate of drug-likeness (QED) is 0.465. The molecule has 2 aliphatic rings. The first-order valence-electron chi connectivity index (χ1n) is 11.8. The first-order chi connectivity index (χ1) is 15.6. The van der Waals surface area contributed by atoms with E-state index >= 15 is 0 Å². The molecule has 2 aliphatic carbocycles. The number of fused-ring (bicyclic) bond motifs is 1. The Bertz CT molecular complexity index is 1110. The molecule has 0 radical (unpaired) electrons. The summed E-state index contributed by atoms with van der Waals surface area (Å²) in [4.78, 5) is 12.2. The number of amides is 1. The lowest BCUT2D eigenvalue weighted by Crippen LogP contribution is -2.20. The molecule has 2 saturated carbocycles. The van der Waals surface area contributed by atoms with Gasteiger partial charge in [-0.25, -0.2) is 4.79 Å². The minimum atomic E-state index is -0.379. The maximum absolute atomic E-state index is 12.2. The summed E-state index contributed by atoms with van der Waals surface area (Å²) in [5.41, 5.74) is 11.4. The van der Waals surface area contributed by atoms with Crippen LogP contribution < -0.4 is 15.8 Å². The number of hydrogen-bond acceptors (Lipinski definition) is 4. The number of carbonyl (C=O) groups is 1. The highest BCUT2D eigenvalue weighted by Crippen LogP contribution is 2.44. The van der Waals surface area contributed by atoms with E-state index in [9.17, 15) is 4.79 Å². The van der Waals surface area contributed by atoms with Crippen LogP contribution in [-0.4, -0.2) is 23.4 Å². The normalized spacial score (nSPS) is 16.8. The lowest BCUT2D eigenvalue weighted by Gasteiger charge is -2.30. The molecule has 0 spiro atoms. The zero-order valence-corrected chi connectivity index (χ0v) is 18.6. The van der Waals surface area contributed by atoms with Crippen molar-refractivity contribution in [3.8, 4) is 17.0 Å². The van der Waals surface area contributed by atoms with Gasteiger partial charge in [0.1, 0.15) is 11.9 Å². The summed E-state index contributed by atoms with van der Waals surface area (Å²) in [5.74, 6) is 0.837. The van der Waals surface area contributed by atoms with E-state index in [0.29, 0.717) is 12.6 Å². The van der Waals surface area contributed by atoms with Gasteiger partial charge in [0.15, 0.2) is 0 Å². The van der Waals surface area contributed by atoms with E-state index < -0.39 is 0 Å². The highest BCUT2D eigenvalue weighted by atomic mass is 16.6. The molecule has 6 nitrogen and oxygen atoms in total. The molecule has 5 rings (SSSR count). The first kappa shape index (κ1) is 20.7. The molecular formula is C26H31N3O3. The molecule has 2 fully saturated rings. The van der Waals surface area contributed by atoms with Crippen LogP contribution in [0.2, 0.25) is 0 Å². The number of hydrogen-bond donors (Lipinski definition) is 2. The number of benzene rings is 2. The molecule has 0 bridgehead atoms. The maximum atomic E-state index is 12.2. The molecule has 1 aromatic heterocycles. The molecule has 0 unspecified atom stereocenters. The zero-order valence-electron chi connectivity index (χ0n) is 18.6. The van der Waals surface area contributed by atoms with Crippen molar-refractivity contribution < 1.29 is 14.3 Å². The molecule has 0 atom stereocenters. The third kappa shape index (κ3) is 3.90. The Labute approximate surface area is 188 Å². The number of nitrogens with zero attached hydrogens (tertiary/aromatic N) is 1. The van der Waals surface area contributed by atoms with E-state index in [1.54, 1.807) is 0 Å². The van der Waals surface area contributed by atoms with Gasteiger partial charge in [-0.2, -0.15) is 0 Å². The van der Waals surface area contributed by atoms with Crippen LogP contribution >= 0.6 is 0 Å². The van der Waals surface area contributed by atoms with Crippen LogP contribution in [0.25, 0.3) is 22.2 Å². The lowest BCUT2D eigenvalue weighted by atomic mass is 9.92. The SMILES string of the molecule is CCOc1ccc2c(c1)c(N)c(-c1ccc(NC(=O)OC3CCCC3)cc1)n2C1CCC1. The predicted octanol–water partition coefficient (Wildman–Crippen LogP) is 6.51. The second-order valence-corrected chi connectivity index (χ2v) is 8.84. The Morgan fingerprint density at radius 3 is 2.47 bits per heavy atom. The number of nitrogens with two attached hydrogens (primary N) is 1. The minimum absolute atomic E-state index is 0.0498. The summed E-state index contributed by atoms with van der Waals surface area (Å²) in [7, 11) is 0. The minimum Gasteiger partial charge on any atom is -0.494 e. The van der Waals surface area contributed by atoms with Crippen molar-refractivity contribution in [2.24, 2.45) is 0 Å². The summed E-state index contributed by atoms with van der Waals surface area (Å²) in [6.45, 7) is 2.61. The monoisotopic (exact) mass is 433 g/mol. The predicted molar refractivity (Wildman–Crippen MR) is 128 cm³/mol. The van der Waals surface area contributed by atoms with E-state index in [0.717, 1.165) is 77.8 Å². The average Bonchev–Trinajstić information content (AvgIpc) is 3.35. The second-order valence-electron chi connectivity index (χ2n) is 8.84. The molecule has 2 aromatic carbocycles. The van der Waals surface area contributed by atoms with Gasteiger partial charge in [-0.1, -0.05) is 12.1 Å². The highest BCUT2D eigenvalue weighted by Gasteiger charge is 2.27. The summed E-state index contributed by atoms with van der Waals surface area (Å²) in [5, 5.41) is 3.88. The summed E-state index contributed by atoms with van der Waals surface area (Å²) >= 11 is 0. The number of ether oxygens (including phenoxy) is 2. The third-order valence-corrected chi connectivity index (χ3v) is 6.75. The van der Waals surface area contributed by atoms with Crippen molar-refractivity contribution in [3.63, 3.8) is 0 Å². The van der Waals surface area contributed by atoms with Crippen molar-refractivity contribution in [1.82, 2.24) is 4.57 Å². The van der Waals surface area contributed by atoms with Gasteiger partial charge in [0.05, 0.1) is 23.5 Å². The number of nitrogen functional groups attached to an aromatic ring is 1. The van der Waals surface area contributed by atoms with Gasteiger partial charge in [-0.05, 0) is 82.2 Å². The molecular weight excluding hydrogens is 402 g/mol. The largest absolute Gasteiger partial charge is 0.494 e. The zero-order chi connectivity index (χ0) is 22.1. The fraction of sp³-hybridized carbons (Fsp3) is 0.423. The molecule has 3 N–H and O–H groups in total. The molecule has 1 heterocycles. The van der Waals surface area contributed by atoms with Crippen LogP contribution in [0.1, 0.15) is 57.9 Å². The Kier molecular flexibility index (Phi) is 5.68. The second kappa shape index (κ2) is 8.77. The number of rotatable bonds is 6. The van der Waals surface area contributed by atoms with E-state index in [2.05, 4.69) is 16.0 Å². The highest BCUT2D eigenvalue weighted by molar-refractivity contribution is 6.02. The number of anilines is 2. The van der Waals surface area contributed by atoms with Gasteiger partial charge in [0, 0.05) is 22.7 Å². The summed E-state index contributed by atoms with van der Waals surface area (Å²) < 4.78 is 13.6. The summed E-state index contributed by atoms with van der Waals surface area (Å²) in [6.07, 6.45) is 7.43. The summed E-state index contributed by atoms with van der Waals surface area (Å²) in [6, 6.07) is 14.5. The maximum Gasteiger partial charge on any atom is 0.411 e. The number of nitrogens with one attached hydrogen (secondary N) is 1. The lowest BCUT2D eigenvalue weighted by molar-refractivity contribution is 0.114. The van der Waals surface area contributed by atoms with Gasteiger partial charge in [-0.15, -0.1) is 0 Å². The molecule has 6 heteroatoms.